The summed E-state index contributed by atoms with van der Waals surface area (Å²) >= 11 is 0. The van der Waals surface area contributed by atoms with Gasteiger partial charge in [-0.3, -0.25) is 14.8 Å². The number of hydrogen-bond donors (Lipinski definition) is 2. The van der Waals surface area contributed by atoms with Crippen molar-refractivity contribution in [2.45, 2.75) is 46.6 Å². The van der Waals surface area contributed by atoms with Crippen molar-refractivity contribution in [3.05, 3.63) is 52.3 Å². The minimum Gasteiger partial charge on any atom is -0.356 e. The largest absolute Gasteiger partial charge is 0.356 e. The molecule has 0 bridgehead atoms. The van der Waals surface area contributed by atoms with Crippen molar-refractivity contribution in [1.29, 1.82) is 0 Å². The first-order chi connectivity index (χ1) is 12.5. The number of rotatable bonds is 7. The smallest absolute Gasteiger partial charge is 0.220 e. The Labute approximate surface area is 156 Å². The van der Waals surface area contributed by atoms with Crippen molar-refractivity contribution in [3.8, 4) is 0 Å². The van der Waals surface area contributed by atoms with Crippen LogP contribution in [0.15, 0.2) is 24.3 Å². The Bertz CT molecular complexity index is 752. The van der Waals surface area contributed by atoms with Gasteiger partial charge in [0, 0.05) is 38.2 Å². The van der Waals surface area contributed by atoms with Crippen LogP contribution in [0.1, 0.15) is 40.9 Å². The van der Waals surface area contributed by atoms with Gasteiger partial charge in [-0.25, -0.2) is 0 Å². The Balaban J connectivity index is 1.38. The van der Waals surface area contributed by atoms with Crippen molar-refractivity contribution in [3.63, 3.8) is 0 Å². The maximum absolute atomic E-state index is 12.1. The van der Waals surface area contributed by atoms with E-state index in [-0.39, 0.29) is 5.91 Å². The lowest BCUT2D eigenvalue weighted by Crippen LogP contribution is -2.31. The van der Waals surface area contributed by atoms with E-state index in [1.54, 1.807) is 0 Å². The van der Waals surface area contributed by atoms with E-state index < -0.39 is 0 Å². The molecular weight excluding hydrogens is 324 g/mol. The zero-order valence-corrected chi connectivity index (χ0v) is 16.1. The van der Waals surface area contributed by atoms with Gasteiger partial charge in [0.05, 0.1) is 5.69 Å². The van der Waals surface area contributed by atoms with Gasteiger partial charge in [0.2, 0.25) is 5.91 Å². The normalized spacial score (nSPS) is 17.6. The summed E-state index contributed by atoms with van der Waals surface area (Å²) in [5.41, 5.74) is 6.01. The molecule has 140 valence electrons. The number of aromatic amines is 1. The third kappa shape index (κ3) is 4.73. The molecule has 2 N–H and O–H groups in total. The summed E-state index contributed by atoms with van der Waals surface area (Å²) in [7, 11) is 0. The van der Waals surface area contributed by atoms with Gasteiger partial charge in [-0.1, -0.05) is 24.3 Å². The SMILES string of the molecule is Cc1ccccc1CN1CC[C@@H](CNC(=O)CCc2n[nH]c(C)c2C)C1. The second kappa shape index (κ2) is 8.49. The van der Waals surface area contributed by atoms with E-state index in [9.17, 15) is 4.79 Å². The first kappa shape index (κ1) is 18.6. The summed E-state index contributed by atoms with van der Waals surface area (Å²) in [4.78, 5) is 14.6. The van der Waals surface area contributed by atoms with Gasteiger partial charge in [-0.2, -0.15) is 5.10 Å². The molecule has 2 heterocycles. The maximum atomic E-state index is 12.1. The molecule has 1 aromatic heterocycles. The second-order valence-corrected chi connectivity index (χ2v) is 7.54. The lowest BCUT2D eigenvalue weighted by molar-refractivity contribution is -0.121. The van der Waals surface area contributed by atoms with Crippen LogP contribution < -0.4 is 5.32 Å². The fourth-order valence-corrected chi connectivity index (χ4v) is 3.61. The highest BCUT2D eigenvalue weighted by molar-refractivity contribution is 5.76. The average molecular weight is 354 g/mol. The molecule has 2 aromatic rings. The van der Waals surface area contributed by atoms with Crippen LogP contribution >= 0.6 is 0 Å². The lowest BCUT2D eigenvalue weighted by atomic mass is 10.1. The number of carbonyl (C=O) groups excluding carboxylic acids is 1. The minimum atomic E-state index is 0.127. The number of aromatic nitrogens is 2. The van der Waals surface area contributed by atoms with Crippen molar-refractivity contribution in [2.75, 3.05) is 19.6 Å². The highest BCUT2D eigenvalue weighted by Crippen LogP contribution is 2.19. The van der Waals surface area contributed by atoms with Gasteiger partial charge in [0.25, 0.3) is 0 Å². The van der Waals surface area contributed by atoms with Crippen LogP contribution in [0.3, 0.4) is 0 Å². The van der Waals surface area contributed by atoms with Gasteiger partial charge >= 0.3 is 0 Å². The van der Waals surface area contributed by atoms with E-state index in [4.69, 9.17) is 0 Å². The monoisotopic (exact) mass is 354 g/mol. The third-order valence-electron chi connectivity index (χ3n) is 5.56. The third-order valence-corrected chi connectivity index (χ3v) is 5.56. The van der Waals surface area contributed by atoms with E-state index in [1.807, 2.05) is 13.8 Å². The number of likely N-dealkylation sites (tertiary alicyclic amines) is 1. The molecule has 0 radical (unpaired) electrons. The molecule has 1 aliphatic rings. The molecule has 1 atom stereocenters. The van der Waals surface area contributed by atoms with Gasteiger partial charge in [0.15, 0.2) is 0 Å². The average Bonchev–Trinajstić information content (AvgIpc) is 3.21. The Morgan fingerprint density at radius 2 is 2.12 bits per heavy atom. The zero-order valence-electron chi connectivity index (χ0n) is 16.1. The molecule has 1 saturated heterocycles. The number of nitrogens with one attached hydrogen (secondary N) is 2. The van der Waals surface area contributed by atoms with Crippen molar-refractivity contribution < 1.29 is 4.79 Å². The van der Waals surface area contributed by atoms with Crippen LogP contribution in [-0.4, -0.2) is 40.6 Å². The van der Waals surface area contributed by atoms with Crippen LogP contribution in [0.5, 0.6) is 0 Å². The number of benzene rings is 1. The number of H-pyrrole nitrogens is 1. The zero-order chi connectivity index (χ0) is 18.5. The van der Waals surface area contributed by atoms with Gasteiger partial charge in [-0.05, 0) is 56.3 Å². The Hall–Kier alpha value is -2.14. The topological polar surface area (TPSA) is 61.0 Å². The van der Waals surface area contributed by atoms with Gasteiger partial charge < -0.3 is 5.32 Å². The standard InChI is InChI=1S/C21H30N4O/c1-15-6-4-5-7-19(15)14-25-11-10-18(13-25)12-22-21(26)9-8-20-16(2)17(3)23-24-20/h4-7,18H,8-14H2,1-3H3,(H,22,26)(H,23,24)/t18-/m0/s1. The van der Waals surface area contributed by atoms with E-state index in [0.29, 0.717) is 18.8 Å². The lowest BCUT2D eigenvalue weighted by Gasteiger charge is -2.17. The molecule has 5 heteroatoms. The van der Waals surface area contributed by atoms with Crippen LogP contribution in [0.25, 0.3) is 0 Å². The Morgan fingerprint density at radius 3 is 2.85 bits per heavy atom. The first-order valence-electron chi connectivity index (χ1n) is 9.57. The Kier molecular flexibility index (Phi) is 6.09. The van der Waals surface area contributed by atoms with Crippen LogP contribution in [0, 0.1) is 26.7 Å². The molecule has 1 aliphatic heterocycles. The summed E-state index contributed by atoms with van der Waals surface area (Å²) in [5.74, 6) is 0.680. The fraction of sp³-hybridized carbons (Fsp3) is 0.524. The quantitative estimate of drug-likeness (QED) is 0.804. The summed E-state index contributed by atoms with van der Waals surface area (Å²) in [6.45, 7) is 10.2. The molecule has 0 spiro atoms. The van der Waals surface area contributed by atoms with Crippen molar-refractivity contribution in [2.24, 2.45) is 5.92 Å². The molecule has 0 saturated carbocycles. The molecule has 0 unspecified atom stereocenters. The van der Waals surface area contributed by atoms with E-state index in [1.165, 1.54) is 16.7 Å². The minimum absolute atomic E-state index is 0.127. The molecule has 1 aromatic carbocycles. The molecule has 5 nitrogen and oxygen atoms in total. The first-order valence-corrected chi connectivity index (χ1v) is 9.57. The second-order valence-electron chi connectivity index (χ2n) is 7.54. The van der Waals surface area contributed by atoms with E-state index in [0.717, 1.165) is 44.0 Å². The van der Waals surface area contributed by atoms with Crippen molar-refractivity contribution >= 4 is 5.91 Å². The maximum Gasteiger partial charge on any atom is 0.220 e. The number of carbonyl (C=O) groups is 1. The number of nitrogens with zero attached hydrogens (tertiary/aromatic N) is 2. The summed E-state index contributed by atoms with van der Waals surface area (Å²) < 4.78 is 0. The molecule has 1 fully saturated rings. The molecule has 3 rings (SSSR count). The van der Waals surface area contributed by atoms with Gasteiger partial charge in [0.1, 0.15) is 0 Å². The Morgan fingerprint density at radius 1 is 1.31 bits per heavy atom. The van der Waals surface area contributed by atoms with E-state index >= 15 is 0 Å². The van der Waals surface area contributed by atoms with Crippen LogP contribution in [0.4, 0.5) is 0 Å². The number of amides is 1. The number of aryl methyl sites for hydroxylation is 3. The van der Waals surface area contributed by atoms with Gasteiger partial charge in [-0.15, -0.1) is 0 Å². The van der Waals surface area contributed by atoms with E-state index in [2.05, 4.69) is 51.6 Å². The predicted molar refractivity (Wildman–Crippen MR) is 104 cm³/mol. The molecule has 1 amide bonds. The molecule has 26 heavy (non-hydrogen) atoms. The predicted octanol–water partition coefficient (Wildman–Crippen LogP) is 2.91. The summed E-state index contributed by atoms with van der Waals surface area (Å²) in [6, 6.07) is 8.58. The highest BCUT2D eigenvalue weighted by atomic mass is 16.1. The fourth-order valence-electron chi connectivity index (χ4n) is 3.61. The number of hydrogen-bond acceptors (Lipinski definition) is 3. The molecular formula is C21H30N4O. The molecule has 0 aliphatic carbocycles. The van der Waals surface area contributed by atoms with Crippen LogP contribution in [-0.2, 0) is 17.8 Å². The van der Waals surface area contributed by atoms with Crippen LogP contribution in [0.2, 0.25) is 0 Å². The van der Waals surface area contributed by atoms with Crippen molar-refractivity contribution in [1.82, 2.24) is 20.4 Å². The summed E-state index contributed by atoms with van der Waals surface area (Å²) in [5, 5.41) is 10.4. The highest BCUT2D eigenvalue weighted by Gasteiger charge is 2.23. The summed E-state index contributed by atoms with van der Waals surface area (Å²) in [6.07, 6.45) is 2.36.